The zero-order valence-corrected chi connectivity index (χ0v) is 14.9. The number of halogens is 2. The van der Waals surface area contributed by atoms with E-state index in [9.17, 15) is 0 Å². The maximum absolute atomic E-state index is 5.97. The summed E-state index contributed by atoms with van der Waals surface area (Å²) in [4.78, 5) is 0. The molecule has 0 aliphatic rings. The van der Waals surface area contributed by atoms with Crippen molar-refractivity contribution >= 4 is 56.8 Å². The van der Waals surface area contributed by atoms with Gasteiger partial charge in [0.2, 0.25) is 5.96 Å². The van der Waals surface area contributed by atoms with Crippen LogP contribution in [0.25, 0.3) is 10.1 Å². The van der Waals surface area contributed by atoms with Gasteiger partial charge in [0.05, 0.1) is 16.3 Å². The minimum atomic E-state index is 0.233. The number of hydrogen-bond donors (Lipinski definition) is 2. The smallest absolute Gasteiger partial charge is 0.214 e. The summed E-state index contributed by atoms with van der Waals surface area (Å²) in [7, 11) is 0. The first kappa shape index (κ1) is 16.8. The molecule has 0 saturated heterocycles. The second-order valence-electron chi connectivity index (χ2n) is 5.02. The fourth-order valence-electron chi connectivity index (χ4n) is 2.13. The second kappa shape index (κ2) is 7.66. The van der Waals surface area contributed by atoms with E-state index >= 15 is 0 Å². The van der Waals surface area contributed by atoms with Gasteiger partial charge in [-0.1, -0.05) is 47.5 Å². The topological polar surface area (TPSA) is 62.8 Å². The van der Waals surface area contributed by atoms with Gasteiger partial charge in [0.1, 0.15) is 0 Å². The van der Waals surface area contributed by atoms with E-state index in [1.54, 1.807) is 29.7 Å². The second-order valence-corrected chi connectivity index (χ2v) is 6.74. The van der Waals surface area contributed by atoms with Crippen LogP contribution < -0.4 is 11.1 Å². The molecule has 0 unspecified atom stereocenters. The highest BCUT2D eigenvalue weighted by Crippen LogP contribution is 2.24. The van der Waals surface area contributed by atoms with Gasteiger partial charge in [-0.3, -0.25) is 0 Å². The largest absolute Gasteiger partial charge is 0.368 e. The third kappa shape index (κ3) is 4.06. The SMILES string of the molecule is NC(=NN=Cc1csc2ccccc12)NCc1ccc(Cl)c(Cl)c1. The van der Waals surface area contributed by atoms with E-state index in [0.29, 0.717) is 16.6 Å². The van der Waals surface area contributed by atoms with Crippen molar-refractivity contribution in [2.24, 2.45) is 15.9 Å². The number of rotatable bonds is 4. The highest BCUT2D eigenvalue weighted by atomic mass is 35.5. The third-order valence-electron chi connectivity index (χ3n) is 3.33. The van der Waals surface area contributed by atoms with E-state index in [0.717, 1.165) is 16.5 Å². The Morgan fingerprint density at radius 3 is 2.83 bits per heavy atom. The van der Waals surface area contributed by atoms with Crippen LogP contribution in [0.5, 0.6) is 0 Å². The number of benzene rings is 2. The normalized spacial score (nSPS) is 12.2. The standard InChI is InChI=1S/C17H14Cl2N4S/c18-14-6-5-11(7-15(14)19)8-21-17(20)23-22-9-12-10-24-16-4-2-1-3-13(12)16/h1-7,9-10H,8H2,(H3,20,21,23). The van der Waals surface area contributed by atoms with Crippen molar-refractivity contribution in [1.29, 1.82) is 0 Å². The van der Waals surface area contributed by atoms with Gasteiger partial charge < -0.3 is 11.1 Å². The van der Waals surface area contributed by atoms with Crippen molar-refractivity contribution in [2.75, 3.05) is 0 Å². The van der Waals surface area contributed by atoms with E-state index in [1.807, 2.05) is 23.6 Å². The van der Waals surface area contributed by atoms with Crippen molar-refractivity contribution < 1.29 is 0 Å². The highest BCUT2D eigenvalue weighted by Gasteiger charge is 2.01. The summed E-state index contributed by atoms with van der Waals surface area (Å²) in [6.07, 6.45) is 1.70. The van der Waals surface area contributed by atoms with Crippen LogP contribution in [0.15, 0.2) is 58.0 Å². The molecule has 3 rings (SSSR count). The molecule has 0 spiro atoms. The van der Waals surface area contributed by atoms with Crippen molar-refractivity contribution in [3.8, 4) is 0 Å². The highest BCUT2D eigenvalue weighted by molar-refractivity contribution is 7.17. The Morgan fingerprint density at radius 2 is 2.00 bits per heavy atom. The van der Waals surface area contributed by atoms with Crippen LogP contribution in [-0.4, -0.2) is 12.2 Å². The van der Waals surface area contributed by atoms with Crippen molar-refractivity contribution in [2.45, 2.75) is 6.54 Å². The van der Waals surface area contributed by atoms with Gasteiger partial charge in [-0.15, -0.1) is 16.4 Å². The summed E-state index contributed by atoms with van der Waals surface area (Å²) in [5, 5.41) is 15.2. The summed E-state index contributed by atoms with van der Waals surface area (Å²) in [6.45, 7) is 0.489. The molecule has 0 radical (unpaired) electrons. The molecule has 0 aliphatic carbocycles. The average Bonchev–Trinajstić information content (AvgIpc) is 2.99. The molecule has 0 fully saturated rings. The van der Waals surface area contributed by atoms with Gasteiger partial charge in [0, 0.05) is 27.6 Å². The predicted molar refractivity (Wildman–Crippen MR) is 104 cm³/mol. The molecular weight excluding hydrogens is 363 g/mol. The number of thiophene rings is 1. The Labute approximate surface area is 153 Å². The van der Waals surface area contributed by atoms with Crippen LogP contribution in [0.2, 0.25) is 10.0 Å². The summed E-state index contributed by atoms with van der Waals surface area (Å²) < 4.78 is 1.22. The maximum atomic E-state index is 5.97. The lowest BCUT2D eigenvalue weighted by molar-refractivity contribution is 0.895. The first-order chi connectivity index (χ1) is 11.6. The molecule has 3 aromatic rings. The van der Waals surface area contributed by atoms with Crippen LogP contribution in [0.1, 0.15) is 11.1 Å². The van der Waals surface area contributed by atoms with Crippen molar-refractivity contribution in [1.82, 2.24) is 5.32 Å². The minimum Gasteiger partial charge on any atom is -0.368 e. The fourth-order valence-corrected chi connectivity index (χ4v) is 3.36. The molecule has 2 aromatic carbocycles. The molecule has 3 N–H and O–H groups in total. The van der Waals surface area contributed by atoms with Gasteiger partial charge in [-0.25, -0.2) is 0 Å². The van der Waals surface area contributed by atoms with Crippen LogP contribution >= 0.6 is 34.5 Å². The molecule has 0 bridgehead atoms. The van der Waals surface area contributed by atoms with E-state index in [2.05, 4.69) is 27.7 Å². The monoisotopic (exact) mass is 376 g/mol. The van der Waals surface area contributed by atoms with Gasteiger partial charge >= 0.3 is 0 Å². The van der Waals surface area contributed by atoms with E-state index in [1.165, 1.54) is 4.70 Å². The predicted octanol–water partition coefficient (Wildman–Crippen LogP) is 4.65. The number of hydrogen-bond acceptors (Lipinski definition) is 3. The van der Waals surface area contributed by atoms with E-state index in [4.69, 9.17) is 28.9 Å². The Bertz CT molecular complexity index is 918. The van der Waals surface area contributed by atoms with Crippen molar-refractivity contribution in [3.63, 3.8) is 0 Å². The van der Waals surface area contributed by atoms with Gasteiger partial charge in [-0.2, -0.15) is 5.10 Å². The summed E-state index contributed by atoms with van der Waals surface area (Å²) >= 11 is 13.5. The quantitative estimate of drug-likeness (QED) is 0.395. The molecule has 122 valence electrons. The molecule has 0 amide bonds. The lowest BCUT2D eigenvalue weighted by Gasteiger charge is -2.05. The van der Waals surface area contributed by atoms with E-state index in [-0.39, 0.29) is 5.96 Å². The number of nitrogens with one attached hydrogen (secondary N) is 1. The summed E-state index contributed by atoms with van der Waals surface area (Å²) in [5.41, 5.74) is 7.79. The molecule has 0 aliphatic heterocycles. The van der Waals surface area contributed by atoms with Gasteiger partial charge in [0.25, 0.3) is 0 Å². The zero-order chi connectivity index (χ0) is 16.9. The Morgan fingerprint density at radius 1 is 1.17 bits per heavy atom. The molecule has 1 heterocycles. The maximum Gasteiger partial charge on any atom is 0.214 e. The van der Waals surface area contributed by atoms with Crippen LogP contribution in [0.3, 0.4) is 0 Å². The molecule has 24 heavy (non-hydrogen) atoms. The fraction of sp³-hybridized carbons (Fsp3) is 0.0588. The van der Waals surface area contributed by atoms with Gasteiger partial charge in [0.15, 0.2) is 0 Å². The number of nitrogens with zero attached hydrogens (tertiary/aromatic N) is 2. The molecule has 0 saturated carbocycles. The van der Waals surface area contributed by atoms with E-state index < -0.39 is 0 Å². The number of nitrogens with two attached hydrogens (primary N) is 1. The zero-order valence-electron chi connectivity index (χ0n) is 12.5. The molecule has 7 heteroatoms. The van der Waals surface area contributed by atoms with Crippen LogP contribution in [0.4, 0.5) is 0 Å². The third-order valence-corrected chi connectivity index (χ3v) is 5.05. The minimum absolute atomic E-state index is 0.233. The lowest BCUT2D eigenvalue weighted by atomic mass is 10.2. The molecule has 0 atom stereocenters. The number of fused-ring (bicyclic) bond motifs is 1. The van der Waals surface area contributed by atoms with Gasteiger partial charge in [-0.05, 0) is 23.8 Å². The summed E-state index contributed by atoms with van der Waals surface area (Å²) in [5.74, 6) is 0.233. The average molecular weight is 377 g/mol. The summed E-state index contributed by atoms with van der Waals surface area (Å²) in [6, 6.07) is 13.6. The molecule has 4 nitrogen and oxygen atoms in total. The molecule has 1 aromatic heterocycles. The Hall–Kier alpha value is -2.08. The Kier molecular flexibility index (Phi) is 5.35. The first-order valence-corrected chi connectivity index (χ1v) is 8.77. The van der Waals surface area contributed by atoms with Crippen LogP contribution in [0, 0.1) is 0 Å². The first-order valence-electron chi connectivity index (χ1n) is 7.14. The lowest BCUT2D eigenvalue weighted by Crippen LogP contribution is -2.30. The van der Waals surface area contributed by atoms with Crippen LogP contribution in [-0.2, 0) is 6.54 Å². The number of guanidine groups is 1. The molecular formula is C17H14Cl2N4S. The van der Waals surface area contributed by atoms with Crippen molar-refractivity contribution in [3.05, 3.63) is 69.0 Å². The Balaban J connectivity index is 1.62.